The third-order valence-electron chi connectivity index (χ3n) is 3.07. The van der Waals surface area contributed by atoms with Gasteiger partial charge in [-0.1, -0.05) is 38.0 Å². The molecule has 0 aromatic carbocycles. The molecule has 0 amide bonds. The van der Waals surface area contributed by atoms with Crippen molar-refractivity contribution in [3.8, 4) is 0 Å². The Morgan fingerprint density at radius 1 is 1.25 bits per heavy atom. The molecule has 3 atom stereocenters. The maximum atomic E-state index is 10.1. The monoisotopic (exact) mass is 226 g/mol. The highest BCUT2D eigenvalue weighted by Crippen LogP contribution is 2.19. The molecule has 16 heavy (non-hydrogen) atoms. The van der Waals surface area contributed by atoms with Crippen LogP contribution in [0.3, 0.4) is 0 Å². The second-order valence-electron chi connectivity index (χ2n) is 4.58. The number of allylic oxidation sites excluding steroid dienone is 3. The molecule has 0 bridgehead atoms. The van der Waals surface area contributed by atoms with Crippen LogP contribution in [-0.2, 0) is 0 Å². The Balaban J connectivity index is 4.54. The van der Waals surface area contributed by atoms with Gasteiger partial charge < -0.3 is 10.2 Å². The molecule has 0 radical (unpaired) electrons. The SMILES string of the molecule is C/C=C(C)/C=C(\C)[C@@H](O)[C@@H](C)[C@@H](O)CCC. The summed E-state index contributed by atoms with van der Waals surface area (Å²) in [5.74, 6) is -0.110. The Morgan fingerprint density at radius 2 is 1.81 bits per heavy atom. The fourth-order valence-electron chi connectivity index (χ4n) is 1.71. The van der Waals surface area contributed by atoms with E-state index in [1.165, 1.54) is 0 Å². The van der Waals surface area contributed by atoms with Crippen LogP contribution in [0.1, 0.15) is 47.5 Å². The first-order valence-electron chi connectivity index (χ1n) is 6.11. The van der Waals surface area contributed by atoms with E-state index in [1.807, 2.05) is 46.8 Å². The number of aliphatic hydroxyl groups excluding tert-OH is 2. The van der Waals surface area contributed by atoms with Crippen molar-refractivity contribution < 1.29 is 10.2 Å². The highest BCUT2D eigenvalue weighted by atomic mass is 16.3. The van der Waals surface area contributed by atoms with Crippen molar-refractivity contribution in [1.82, 2.24) is 0 Å². The molecule has 0 aliphatic carbocycles. The predicted molar refractivity (Wildman–Crippen MR) is 69.3 cm³/mol. The number of aliphatic hydroxyl groups is 2. The zero-order valence-electron chi connectivity index (χ0n) is 11.2. The number of rotatable bonds is 6. The van der Waals surface area contributed by atoms with Gasteiger partial charge in [0.05, 0.1) is 12.2 Å². The van der Waals surface area contributed by atoms with Gasteiger partial charge in [0.15, 0.2) is 0 Å². The Bertz CT molecular complexity index is 253. The molecule has 0 fully saturated rings. The first-order chi connectivity index (χ1) is 7.43. The molecule has 0 heterocycles. The summed E-state index contributed by atoms with van der Waals surface area (Å²) in [5.41, 5.74) is 2.05. The van der Waals surface area contributed by atoms with Gasteiger partial charge in [-0.25, -0.2) is 0 Å². The molecule has 0 unspecified atom stereocenters. The average molecular weight is 226 g/mol. The van der Waals surface area contributed by atoms with E-state index in [4.69, 9.17) is 0 Å². The van der Waals surface area contributed by atoms with Crippen LogP contribution in [0.25, 0.3) is 0 Å². The van der Waals surface area contributed by atoms with Crippen molar-refractivity contribution in [2.24, 2.45) is 5.92 Å². The summed E-state index contributed by atoms with van der Waals surface area (Å²) < 4.78 is 0. The van der Waals surface area contributed by atoms with Crippen molar-refractivity contribution in [3.63, 3.8) is 0 Å². The van der Waals surface area contributed by atoms with E-state index >= 15 is 0 Å². The molecular weight excluding hydrogens is 200 g/mol. The minimum atomic E-state index is -0.559. The number of hydrogen-bond donors (Lipinski definition) is 2. The fourth-order valence-corrected chi connectivity index (χ4v) is 1.71. The minimum Gasteiger partial charge on any atom is -0.393 e. The van der Waals surface area contributed by atoms with Crippen molar-refractivity contribution in [2.45, 2.75) is 59.7 Å². The lowest BCUT2D eigenvalue weighted by Crippen LogP contribution is -2.30. The Kier molecular flexibility index (Phi) is 7.35. The van der Waals surface area contributed by atoms with E-state index in [-0.39, 0.29) is 5.92 Å². The molecule has 0 aliphatic heterocycles. The molecule has 94 valence electrons. The summed E-state index contributed by atoms with van der Waals surface area (Å²) in [5, 5.41) is 19.9. The van der Waals surface area contributed by atoms with Gasteiger partial charge in [0, 0.05) is 5.92 Å². The van der Waals surface area contributed by atoms with Gasteiger partial charge in [-0.2, -0.15) is 0 Å². The molecule has 0 spiro atoms. The smallest absolute Gasteiger partial charge is 0.0800 e. The van der Waals surface area contributed by atoms with Crippen LogP contribution in [0, 0.1) is 5.92 Å². The van der Waals surface area contributed by atoms with Gasteiger partial charge in [0.25, 0.3) is 0 Å². The quantitative estimate of drug-likeness (QED) is 0.683. The zero-order chi connectivity index (χ0) is 12.7. The van der Waals surface area contributed by atoms with Gasteiger partial charge in [-0.3, -0.25) is 0 Å². The third kappa shape index (κ3) is 4.95. The molecule has 0 rings (SSSR count). The maximum absolute atomic E-state index is 10.1. The average Bonchev–Trinajstić information content (AvgIpc) is 2.26. The van der Waals surface area contributed by atoms with Crippen LogP contribution in [0.5, 0.6) is 0 Å². The van der Waals surface area contributed by atoms with Crippen LogP contribution in [-0.4, -0.2) is 22.4 Å². The van der Waals surface area contributed by atoms with Crippen molar-refractivity contribution in [1.29, 1.82) is 0 Å². The Labute approximate surface area is 99.7 Å². The predicted octanol–water partition coefficient (Wildman–Crippen LogP) is 3.06. The third-order valence-corrected chi connectivity index (χ3v) is 3.07. The van der Waals surface area contributed by atoms with Crippen LogP contribution < -0.4 is 0 Å². The molecule has 0 aromatic rings. The Hall–Kier alpha value is -0.600. The summed E-state index contributed by atoms with van der Waals surface area (Å²) in [4.78, 5) is 0. The topological polar surface area (TPSA) is 40.5 Å². The van der Waals surface area contributed by atoms with E-state index in [1.54, 1.807) is 0 Å². The highest BCUT2D eigenvalue weighted by molar-refractivity contribution is 5.22. The van der Waals surface area contributed by atoms with Gasteiger partial charge >= 0.3 is 0 Å². The minimum absolute atomic E-state index is 0.110. The van der Waals surface area contributed by atoms with Crippen LogP contribution in [0.4, 0.5) is 0 Å². The fraction of sp³-hybridized carbons (Fsp3) is 0.714. The summed E-state index contributed by atoms with van der Waals surface area (Å²) in [7, 11) is 0. The van der Waals surface area contributed by atoms with E-state index in [0.29, 0.717) is 0 Å². The van der Waals surface area contributed by atoms with Crippen LogP contribution in [0.15, 0.2) is 23.3 Å². The van der Waals surface area contributed by atoms with Crippen molar-refractivity contribution in [3.05, 3.63) is 23.3 Å². The van der Waals surface area contributed by atoms with Crippen molar-refractivity contribution >= 4 is 0 Å². The van der Waals surface area contributed by atoms with Gasteiger partial charge in [0.1, 0.15) is 0 Å². The van der Waals surface area contributed by atoms with Crippen molar-refractivity contribution in [2.75, 3.05) is 0 Å². The lowest BCUT2D eigenvalue weighted by Gasteiger charge is -2.24. The normalized spacial score (nSPS) is 19.4. The standard InChI is InChI=1S/C14H26O2/c1-6-8-13(15)12(5)14(16)11(4)9-10(3)7-2/h7,9,12-16H,6,8H2,1-5H3/b10-7+,11-9+/t12-,13-,14+/m0/s1. The Morgan fingerprint density at radius 3 is 2.25 bits per heavy atom. The zero-order valence-corrected chi connectivity index (χ0v) is 11.2. The van der Waals surface area contributed by atoms with E-state index in [9.17, 15) is 10.2 Å². The van der Waals surface area contributed by atoms with Gasteiger partial charge in [-0.15, -0.1) is 0 Å². The second kappa shape index (κ2) is 7.64. The number of hydrogen-bond acceptors (Lipinski definition) is 2. The molecule has 0 aliphatic rings. The summed E-state index contributed by atoms with van der Waals surface area (Å²) >= 11 is 0. The van der Waals surface area contributed by atoms with E-state index in [0.717, 1.165) is 24.0 Å². The van der Waals surface area contributed by atoms with E-state index < -0.39 is 12.2 Å². The van der Waals surface area contributed by atoms with Gasteiger partial charge in [-0.05, 0) is 32.8 Å². The summed E-state index contributed by atoms with van der Waals surface area (Å²) in [6, 6.07) is 0. The lowest BCUT2D eigenvalue weighted by atomic mass is 9.90. The lowest BCUT2D eigenvalue weighted by molar-refractivity contribution is 0.0345. The first kappa shape index (κ1) is 15.4. The molecule has 0 aromatic heterocycles. The van der Waals surface area contributed by atoms with Crippen LogP contribution in [0.2, 0.25) is 0 Å². The second-order valence-corrected chi connectivity index (χ2v) is 4.58. The van der Waals surface area contributed by atoms with Crippen LogP contribution >= 0.6 is 0 Å². The largest absolute Gasteiger partial charge is 0.393 e. The molecule has 0 saturated heterocycles. The highest BCUT2D eigenvalue weighted by Gasteiger charge is 2.22. The molecule has 2 N–H and O–H groups in total. The maximum Gasteiger partial charge on any atom is 0.0800 e. The van der Waals surface area contributed by atoms with E-state index in [2.05, 4.69) is 0 Å². The molecular formula is C14H26O2. The molecule has 2 heteroatoms. The summed E-state index contributed by atoms with van der Waals surface area (Å²) in [6.07, 6.45) is 4.68. The summed E-state index contributed by atoms with van der Waals surface area (Å²) in [6.45, 7) is 9.82. The molecule has 2 nitrogen and oxygen atoms in total. The molecule has 0 saturated carbocycles. The van der Waals surface area contributed by atoms with Gasteiger partial charge in [0.2, 0.25) is 0 Å². The first-order valence-corrected chi connectivity index (χ1v) is 6.11.